The highest BCUT2D eigenvalue weighted by Gasteiger charge is 2.36. The Kier molecular flexibility index (Phi) is 3.53. The zero-order valence-electron chi connectivity index (χ0n) is 11.5. The fourth-order valence-corrected chi connectivity index (χ4v) is 2.78. The van der Waals surface area contributed by atoms with Gasteiger partial charge in [0.15, 0.2) is 5.82 Å². The Morgan fingerprint density at radius 2 is 1.71 bits per heavy atom. The van der Waals surface area contributed by atoms with Crippen LogP contribution in [0.3, 0.4) is 0 Å². The molecule has 0 spiro atoms. The van der Waals surface area contributed by atoms with Gasteiger partial charge in [0, 0.05) is 13.1 Å². The molecule has 5 heteroatoms. The zero-order valence-corrected chi connectivity index (χ0v) is 11.5. The van der Waals surface area contributed by atoms with Gasteiger partial charge in [-0.3, -0.25) is 0 Å². The molecule has 0 atom stereocenters. The summed E-state index contributed by atoms with van der Waals surface area (Å²) in [4.78, 5) is 10.0. The Morgan fingerprint density at radius 3 is 2.29 bits per heavy atom. The van der Waals surface area contributed by atoms with Crippen molar-refractivity contribution >= 4 is 5.95 Å². The number of anilines is 1. The first kappa shape index (κ1) is 13.5. The number of halogens is 1. The molecule has 1 aromatic heterocycles. The van der Waals surface area contributed by atoms with Gasteiger partial charge < -0.3 is 4.90 Å². The van der Waals surface area contributed by atoms with E-state index in [0.29, 0.717) is 31.9 Å². The first-order valence-electron chi connectivity index (χ1n) is 6.93. The van der Waals surface area contributed by atoms with Crippen LogP contribution in [0.4, 0.5) is 10.3 Å². The lowest BCUT2D eigenvalue weighted by atomic mass is 9.74. The first-order chi connectivity index (χ1) is 10.2. The molecule has 0 amide bonds. The number of benzene rings is 1. The standard InChI is InChI=1S/C16H15FN4/c17-14-10-19-15(20-11-14)21-8-6-16(12-18,7-9-21)13-4-2-1-3-5-13/h1-5,10-11H,6-9H2. The Bertz CT molecular complexity index is 640. The van der Waals surface area contributed by atoms with Gasteiger partial charge in [-0.1, -0.05) is 30.3 Å². The summed E-state index contributed by atoms with van der Waals surface area (Å²) in [6.45, 7) is 1.38. The molecule has 1 saturated heterocycles. The normalized spacial score (nSPS) is 17.2. The predicted molar refractivity (Wildman–Crippen MR) is 77.2 cm³/mol. The summed E-state index contributed by atoms with van der Waals surface area (Å²) >= 11 is 0. The number of nitriles is 1. The minimum absolute atomic E-state index is 0.439. The number of aromatic nitrogens is 2. The van der Waals surface area contributed by atoms with Crippen LogP contribution in [0.2, 0.25) is 0 Å². The molecule has 21 heavy (non-hydrogen) atoms. The zero-order chi connectivity index (χ0) is 14.7. The van der Waals surface area contributed by atoms with E-state index in [4.69, 9.17) is 0 Å². The van der Waals surface area contributed by atoms with Crippen molar-refractivity contribution < 1.29 is 4.39 Å². The maximum Gasteiger partial charge on any atom is 0.225 e. The molecule has 106 valence electrons. The van der Waals surface area contributed by atoms with Gasteiger partial charge >= 0.3 is 0 Å². The van der Waals surface area contributed by atoms with E-state index in [1.165, 1.54) is 12.4 Å². The molecule has 1 aliphatic rings. The van der Waals surface area contributed by atoms with Crippen molar-refractivity contribution in [3.05, 3.63) is 54.1 Å². The number of hydrogen-bond donors (Lipinski definition) is 0. The van der Waals surface area contributed by atoms with Gasteiger partial charge in [-0.05, 0) is 18.4 Å². The highest BCUT2D eigenvalue weighted by atomic mass is 19.1. The fourth-order valence-electron chi connectivity index (χ4n) is 2.78. The van der Waals surface area contributed by atoms with Crippen molar-refractivity contribution in [3.63, 3.8) is 0 Å². The third kappa shape index (κ3) is 2.57. The van der Waals surface area contributed by atoms with Gasteiger partial charge in [0.1, 0.15) is 0 Å². The largest absolute Gasteiger partial charge is 0.341 e. The van der Waals surface area contributed by atoms with Crippen molar-refractivity contribution in [3.8, 4) is 6.07 Å². The molecule has 0 unspecified atom stereocenters. The molecular weight excluding hydrogens is 267 g/mol. The van der Waals surface area contributed by atoms with E-state index < -0.39 is 11.2 Å². The second-order valence-corrected chi connectivity index (χ2v) is 5.25. The summed E-state index contributed by atoms with van der Waals surface area (Å²) in [6, 6.07) is 12.4. The lowest BCUT2D eigenvalue weighted by molar-refractivity contribution is 0.412. The van der Waals surface area contributed by atoms with E-state index in [2.05, 4.69) is 16.0 Å². The Labute approximate surface area is 122 Å². The highest BCUT2D eigenvalue weighted by Crippen LogP contribution is 2.35. The fraction of sp³-hybridized carbons (Fsp3) is 0.312. The Balaban J connectivity index is 1.77. The van der Waals surface area contributed by atoms with Crippen LogP contribution in [0.15, 0.2) is 42.7 Å². The molecule has 0 saturated carbocycles. The van der Waals surface area contributed by atoms with Gasteiger partial charge in [-0.15, -0.1) is 0 Å². The molecule has 2 heterocycles. The van der Waals surface area contributed by atoms with Gasteiger partial charge in [0.2, 0.25) is 5.95 Å². The third-order valence-electron chi connectivity index (χ3n) is 4.05. The molecule has 1 aromatic carbocycles. The summed E-state index contributed by atoms with van der Waals surface area (Å²) in [5.74, 6) is 0.0856. The molecule has 0 bridgehead atoms. The third-order valence-corrected chi connectivity index (χ3v) is 4.05. The minimum Gasteiger partial charge on any atom is -0.341 e. The van der Waals surface area contributed by atoms with Crippen LogP contribution in [0.5, 0.6) is 0 Å². The lowest BCUT2D eigenvalue weighted by Gasteiger charge is -2.37. The van der Waals surface area contributed by atoms with Crippen LogP contribution in [0, 0.1) is 17.1 Å². The molecular formula is C16H15FN4. The average molecular weight is 282 g/mol. The van der Waals surface area contributed by atoms with Crippen LogP contribution < -0.4 is 4.90 Å². The van der Waals surface area contributed by atoms with Crippen molar-refractivity contribution in [1.82, 2.24) is 9.97 Å². The summed E-state index contributed by atoms with van der Waals surface area (Å²) in [6.07, 6.45) is 3.78. The Hall–Kier alpha value is -2.48. The SMILES string of the molecule is N#CC1(c2ccccc2)CCN(c2ncc(F)cn2)CC1. The van der Waals surface area contributed by atoms with Crippen molar-refractivity contribution in [1.29, 1.82) is 5.26 Å². The second-order valence-electron chi connectivity index (χ2n) is 5.25. The first-order valence-corrected chi connectivity index (χ1v) is 6.93. The van der Waals surface area contributed by atoms with Crippen LogP contribution in [-0.2, 0) is 5.41 Å². The summed E-state index contributed by atoms with van der Waals surface area (Å²) < 4.78 is 12.9. The monoisotopic (exact) mass is 282 g/mol. The van der Waals surface area contributed by atoms with E-state index in [9.17, 15) is 9.65 Å². The number of rotatable bonds is 2. The number of piperidine rings is 1. The molecule has 4 nitrogen and oxygen atoms in total. The smallest absolute Gasteiger partial charge is 0.225 e. The van der Waals surface area contributed by atoms with E-state index in [-0.39, 0.29) is 0 Å². The van der Waals surface area contributed by atoms with E-state index in [1.807, 2.05) is 35.2 Å². The molecule has 0 radical (unpaired) electrons. The maximum atomic E-state index is 12.9. The molecule has 3 rings (SSSR count). The van der Waals surface area contributed by atoms with Crippen molar-refractivity contribution in [2.75, 3.05) is 18.0 Å². The minimum atomic E-state index is -0.447. The van der Waals surface area contributed by atoms with E-state index in [1.54, 1.807) is 0 Å². The van der Waals surface area contributed by atoms with Gasteiger partial charge in [-0.25, -0.2) is 14.4 Å². The number of nitrogens with zero attached hydrogens (tertiary/aromatic N) is 4. The molecule has 1 aliphatic heterocycles. The topological polar surface area (TPSA) is 52.8 Å². The van der Waals surface area contributed by atoms with Crippen LogP contribution >= 0.6 is 0 Å². The van der Waals surface area contributed by atoms with Gasteiger partial charge in [-0.2, -0.15) is 5.26 Å². The van der Waals surface area contributed by atoms with Crippen LogP contribution in [-0.4, -0.2) is 23.1 Å². The quantitative estimate of drug-likeness (QED) is 0.849. The van der Waals surface area contributed by atoms with E-state index in [0.717, 1.165) is 5.56 Å². The molecule has 0 aliphatic carbocycles. The summed E-state index contributed by atoms with van der Waals surface area (Å²) in [7, 11) is 0. The van der Waals surface area contributed by atoms with Gasteiger partial charge in [0.05, 0.1) is 23.9 Å². The maximum absolute atomic E-state index is 12.9. The van der Waals surface area contributed by atoms with Gasteiger partial charge in [0.25, 0.3) is 0 Å². The van der Waals surface area contributed by atoms with Crippen molar-refractivity contribution in [2.24, 2.45) is 0 Å². The summed E-state index contributed by atoms with van der Waals surface area (Å²) in [5.41, 5.74) is 0.616. The summed E-state index contributed by atoms with van der Waals surface area (Å²) in [5, 5.41) is 9.64. The molecule has 1 fully saturated rings. The van der Waals surface area contributed by atoms with Crippen LogP contribution in [0.25, 0.3) is 0 Å². The second kappa shape index (κ2) is 5.49. The van der Waals surface area contributed by atoms with E-state index >= 15 is 0 Å². The highest BCUT2D eigenvalue weighted by molar-refractivity contribution is 5.38. The van der Waals surface area contributed by atoms with Crippen LogP contribution in [0.1, 0.15) is 18.4 Å². The predicted octanol–water partition coefficient (Wildman–Crippen LogP) is 2.68. The number of hydrogen-bond acceptors (Lipinski definition) is 4. The van der Waals surface area contributed by atoms with Crippen molar-refractivity contribution in [2.45, 2.75) is 18.3 Å². The average Bonchev–Trinajstić information content (AvgIpc) is 2.56. The lowest BCUT2D eigenvalue weighted by Crippen LogP contribution is -2.42. The molecule has 2 aromatic rings. The Morgan fingerprint density at radius 1 is 1.10 bits per heavy atom. The molecule has 0 N–H and O–H groups in total.